The fraction of sp³-hybridized carbons (Fsp3) is 0.111. The number of amides is 1. The molecule has 0 atom stereocenters. The van der Waals surface area contributed by atoms with Crippen LogP contribution in [0.3, 0.4) is 0 Å². The maximum absolute atomic E-state index is 11.1. The van der Waals surface area contributed by atoms with Gasteiger partial charge in [-0.2, -0.15) is 0 Å². The van der Waals surface area contributed by atoms with E-state index in [4.69, 9.17) is 9.22 Å². The number of carbonyl (C=O) groups is 2. The van der Waals surface area contributed by atoms with Gasteiger partial charge in [-0.1, -0.05) is 0 Å². The fourth-order valence-corrected chi connectivity index (χ4v) is 0.827. The van der Waals surface area contributed by atoms with Gasteiger partial charge < -0.3 is 10.4 Å². The SMILES string of the molecule is [2H]C([2H])([2H])C(=O)Nc1ccc(C(=O)O)cc1. The van der Waals surface area contributed by atoms with Crippen LogP contribution in [0.1, 0.15) is 21.3 Å². The molecule has 0 unspecified atom stereocenters. The fourth-order valence-electron chi connectivity index (χ4n) is 0.827. The van der Waals surface area contributed by atoms with Crippen molar-refractivity contribution in [1.29, 1.82) is 0 Å². The molecule has 0 spiro atoms. The van der Waals surface area contributed by atoms with Crippen molar-refractivity contribution in [3.8, 4) is 0 Å². The summed E-state index contributed by atoms with van der Waals surface area (Å²) in [5.74, 6) is -2.19. The summed E-state index contributed by atoms with van der Waals surface area (Å²) >= 11 is 0. The van der Waals surface area contributed by atoms with Crippen LogP contribution in [0.15, 0.2) is 24.3 Å². The third-order valence-corrected chi connectivity index (χ3v) is 1.39. The van der Waals surface area contributed by atoms with Gasteiger partial charge in [-0.05, 0) is 24.3 Å². The zero-order valence-corrected chi connectivity index (χ0v) is 6.57. The average molecular weight is 182 g/mol. The quantitative estimate of drug-likeness (QED) is 0.725. The molecule has 0 fully saturated rings. The third-order valence-electron chi connectivity index (χ3n) is 1.39. The van der Waals surface area contributed by atoms with E-state index in [2.05, 4.69) is 5.32 Å². The highest BCUT2D eigenvalue weighted by Crippen LogP contribution is 2.08. The number of aromatic carboxylic acids is 1. The topological polar surface area (TPSA) is 66.4 Å². The normalized spacial score (nSPS) is 13.7. The van der Waals surface area contributed by atoms with Crippen molar-refractivity contribution < 1.29 is 18.8 Å². The molecule has 1 aromatic carbocycles. The van der Waals surface area contributed by atoms with Gasteiger partial charge in [-0.3, -0.25) is 4.79 Å². The molecule has 1 rings (SSSR count). The Morgan fingerprint density at radius 2 is 2.00 bits per heavy atom. The molecule has 0 aliphatic carbocycles. The maximum Gasteiger partial charge on any atom is 0.335 e. The summed E-state index contributed by atoms with van der Waals surface area (Å²) in [5.41, 5.74) is 0.304. The second kappa shape index (κ2) is 3.71. The first-order valence-electron chi connectivity index (χ1n) is 4.95. The summed E-state index contributed by atoms with van der Waals surface area (Å²) in [4.78, 5) is 21.6. The average Bonchev–Trinajstić information content (AvgIpc) is 2.17. The number of carboxylic acid groups (broad SMARTS) is 1. The largest absolute Gasteiger partial charge is 0.478 e. The molecule has 2 N–H and O–H groups in total. The van der Waals surface area contributed by atoms with E-state index in [1.54, 1.807) is 0 Å². The van der Waals surface area contributed by atoms with Crippen LogP contribution in [-0.4, -0.2) is 17.0 Å². The van der Waals surface area contributed by atoms with Crippen LogP contribution < -0.4 is 5.32 Å². The molecule has 4 nitrogen and oxygen atoms in total. The number of carboxylic acids is 1. The second-order valence-electron chi connectivity index (χ2n) is 2.34. The predicted molar refractivity (Wildman–Crippen MR) is 47.7 cm³/mol. The highest BCUT2D eigenvalue weighted by molar-refractivity contribution is 5.91. The molecule has 0 saturated heterocycles. The Bertz CT molecular complexity index is 411. The molecule has 0 aliphatic rings. The van der Waals surface area contributed by atoms with Crippen molar-refractivity contribution in [3.05, 3.63) is 29.8 Å². The first-order valence-corrected chi connectivity index (χ1v) is 3.45. The Labute approximate surface area is 79.4 Å². The minimum Gasteiger partial charge on any atom is -0.478 e. The monoisotopic (exact) mass is 182 g/mol. The summed E-state index contributed by atoms with van der Waals surface area (Å²) in [6.07, 6.45) is 0. The molecule has 0 bridgehead atoms. The minimum absolute atomic E-state index is 0.0619. The zero-order valence-electron chi connectivity index (χ0n) is 9.57. The van der Waals surface area contributed by atoms with Gasteiger partial charge in [0.15, 0.2) is 0 Å². The van der Waals surface area contributed by atoms with Crippen LogP contribution in [-0.2, 0) is 4.79 Å². The van der Waals surface area contributed by atoms with Crippen LogP contribution in [0.5, 0.6) is 0 Å². The molecule has 68 valence electrons. The van der Waals surface area contributed by atoms with E-state index in [9.17, 15) is 9.59 Å². The lowest BCUT2D eigenvalue weighted by atomic mass is 10.2. The molecule has 0 heterocycles. The number of hydrogen-bond donors (Lipinski definition) is 2. The Morgan fingerprint density at radius 1 is 1.38 bits per heavy atom. The van der Waals surface area contributed by atoms with Crippen LogP contribution in [0.2, 0.25) is 0 Å². The summed E-state index contributed by atoms with van der Waals surface area (Å²) in [5, 5.41) is 10.8. The smallest absolute Gasteiger partial charge is 0.335 e. The van der Waals surface area contributed by atoms with Gasteiger partial charge in [0.1, 0.15) is 0 Å². The van der Waals surface area contributed by atoms with Gasteiger partial charge in [0.25, 0.3) is 0 Å². The van der Waals surface area contributed by atoms with E-state index in [1.807, 2.05) is 0 Å². The number of nitrogens with one attached hydrogen (secondary N) is 1. The first-order chi connectivity index (χ1) is 7.30. The van der Waals surface area contributed by atoms with Gasteiger partial charge in [0, 0.05) is 16.7 Å². The van der Waals surface area contributed by atoms with Gasteiger partial charge in [-0.25, -0.2) is 4.79 Å². The van der Waals surface area contributed by atoms with Gasteiger partial charge >= 0.3 is 5.97 Å². The highest BCUT2D eigenvalue weighted by Gasteiger charge is 2.01. The summed E-state index contributed by atoms with van der Waals surface area (Å²) in [7, 11) is 0. The standard InChI is InChI=1S/C9H9NO3/c1-6(11)10-8-4-2-7(3-5-8)9(12)13/h2-5H,1H3,(H,10,11)(H,12,13)/i1D3. The van der Waals surface area contributed by atoms with Crippen molar-refractivity contribution >= 4 is 17.6 Å². The molecule has 13 heavy (non-hydrogen) atoms. The van der Waals surface area contributed by atoms with Crippen LogP contribution in [0.4, 0.5) is 5.69 Å². The van der Waals surface area contributed by atoms with Crippen molar-refractivity contribution in [2.24, 2.45) is 0 Å². The van der Waals surface area contributed by atoms with E-state index in [-0.39, 0.29) is 11.3 Å². The van der Waals surface area contributed by atoms with E-state index in [0.717, 1.165) is 0 Å². The van der Waals surface area contributed by atoms with Crippen molar-refractivity contribution in [1.82, 2.24) is 0 Å². The molecule has 0 saturated carbocycles. The zero-order chi connectivity index (χ0) is 12.3. The van der Waals surface area contributed by atoms with Gasteiger partial charge in [-0.15, -0.1) is 0 Å². The number of benzene rings is 1. The summed E-state index contributed by atoms with van der Waals surface area (Å²) in [6.45, 7) is -2.72. The molecular formula is C9H9NO3. The first kappa shape index (κ1) is 5.75. The van der Waals surface area contributed by atoms with Crippen molar-refractivity contribution in [2.75, 3.05) is 5.32 Å². The molecule has 0 radical (unpaired) electrons. The van der Waals surface area contributed by atoms with E-state index in [1.165, 1.54) is 24.3 Å². The van der Waals surface area contributed by atoms with E-state index >= 15 is 0 Å². The Hall–Kier alpha value is -1.84. The Morgan fingerprint density at radius 3 is 2.46 bits per heavy atom. The van der Waals surface area contributed by atoms with Gasteiger partial charge in [0.05, 0.1) is 5.56 Å². The molecule has 1 amide bonds. The molecule has 0 aromatic heterocycles. The second-order valence-corrected chi connectivity index (χ2v) is 2.34. The van der Waals surface area contributed by atoms with Crippen molar-refractivity contribution in [3.63, 3.8) is 0 Å². The van der Waals surface area contributed by atoms with E-state index < -0.39 is 18.7 Å². The molecule has 0 aliphatic heterocycles. The summed E-state index contributed by atoms with van der Waals surface area (Å²) in [6, 6.07) is 5.20. The van der Waals surface area contributed by atoms with Crippen LogP contribution in [0.25, 0.3) is 0 Å². The minimum atomic E-state index is -2.72. The number of carbonyl (C=O) groups excluding carboxylic acids is 1. The number of hydrogen-bond acceptors (Lipinski definition) is 2. The van der Waals surface area contributed by atoms with Gasteiger partial charge in [0.2, 0.25) is 5.91 Å². The lowest BCUT2D eigenvalue weighted by Gasteiger charge is -2.01. The Kier molecular flexibility index (Phi) is 1.64. The highest BCUT2D eigenvalue weighted by atomic mass is 16.4. The molecule has 4 heteroatoms. The van der Waals surface area contributed by atoms with Crippen LogP contribution >= 0.6 is 0 Å². The lowest BCUT2D eigenvalue weighted by Crippen LogP contribution is -2.05. The molecular weight excluding hydrogens is 170 g/mol. The lowest BCUT2D eigenvalue weighted by molar-refractivity contribution is -0.114. The van der Waals surface area contributed by atoms with Crippen molar-refractivity contribution in [2.45, 2.75) is 6.85 Å². The summed E-state index contributed by atoms with van der Waals surface area (Å²) < 4.78 is 20.5. The molecule has 1 aromatic rings. The maximum atomic E-state index is 11.1. The number of anilines is 1. The third kappa shape index (κ3) is 2.59. The number of rotatable bonds is 2. The van der Waals surface area contributed by atoms with Crippen LogP contribution in [0, 0.1) is 0 Å². The van der Waals surface area contributed by atoms with E-state index in [0.29, 0.717) is 0 Å². The Balaban J connectivity index is 2.77. The predicted octanol–water partition coefficient (Wildman–Crippen LogP) is 1.34.